The molecule has 0 saturated carbocycles. The third kappa shape index (κ3) is 4.74. The predicted molar refractivity (Wildman–Crippen MR) is 93.8 cm³/mol. The Morgan fingerprint density at radius 2 is 1.96 bits per heavy atom. The maximum absolute atomic E-state index is 11.8. The van der Waals surface area contributed by atoms with Gasteiger partial charge in [0.15, 0.2) is 0 Å². The number of furan rings is 1. The fraction of sp³-hybridized carbons (Fsp3) is 0.294. The van der Waals surface area contributed by atoms with Crippen LogP contribution in [0.4, 0.5) is 5.69 Å². The van der Waals surface area contributed by atoms with Crippen molar-refractivity contribution in [3.63, 3.8) is 0 Å². The number of nitro groups is 1. The topological polar surface area (TPSA) is 110 Å². The van der Waals surface area contributed by atoms with E-state index in [4.69, 9.17) is 9.15 Å². The first-order valence-corrected chi connectivity index (χ1v) is 8.08. The van der Waals surface area contributed by atoms with Crippen LogP contribution in [0, 0.1) is 10.1 Å². The lowest BCUT2D eigenvalue weighted by molar-refractivity contribution is -0.384. The SMILES string of the molecule is O=C(CN1CCOCC1)N/N=C\c1ccc(-c2ccc([N+](=O)[O-])cc2)o1. The summed E-state index contributed by atoms with van der Waals surface area (Å²) >= 11 is 0. The molecule has 2 aromatic rings. The molecular weight excluding hydrogens is 340 g/mol. The van der Waals surface area contributed by atoms with Crippen molar-refractivity contribution in [3.05, 3.63) is 52.3 Å². The summed E-state index contributed by atoms with van der Waals surface area (Å²) in [5.41, 5.74) is 3.19. The number of carbonyl (C=O) groups is 1. The molecule has 0 radical (unpaired) electrons. The van der Waals surface area contributed by atoms with Gasteiger partial charge in [-0.25, -0.2) is 5.43 Å². The van der Waals surface area contributed by atoms with Gasteiger partial charge in [0.05, 0.1) is 30.9 Å². The van der Waals surface area contributed by atoms with Crippen LogP contribution in [0.15, 0.2) is 45.9 Å². The summed E-state index contributed by atoms with van der Waals surface area (Å²) in [6, 6.07) is 9.49. The molecule has 1 aromatic heterocycles. The van der Waals surface area contributed by atoms with Crippen LogP contribution in [-0.4, -0.2) is 54.8 Å². The minimum Gasteiger partial charge on any atom is -0.455 e. The third-order valence-electron chi connectivity index (χ3n) is 3.84. The molecule has 9 heteroatoms. The van der Waals surface area contributed by atoms with Gasteiger partial charge in [0.2, 0.25) is 0 Å². The summed E-state index contributed by atoms with van der Waals surface area (Å²) in [5, 5.41) is 14.6. The first-order chi connectivity index (χ1) is 12.6. The highest BCUT2D eigenvalue weighted by Gasteiger charge is 2.13. The Morgan fingerprint density at radius 3 is 2.65 bits per heavy atom. The molecule has 1 saturated heterocycles. The van der Waals surface area contributed by atoms with E-state index in [1.807, 2.05) is 4.90 Å². The van der Waals surface area contributed by atoms with Crippen molar-refractivity contribution in [1.29, 1.82) is 0 Å². The van der Waals surface area contributed by atoms with Crippen LogP contribution in [0.25, 0.3) is 11.3 Å². The largest absolute Gasteiger partial charge is 0.455 e. The van der Waals surface area contributed by atoms with Gasteiger partial charge in [0.1, 0.15) is 11.5 Å². The molecule has 0 aliphatic carbocycles. The molecule has 1 aliphatic rings. The molecule has 1 aliphatic heterocycles. The molecule has 3 rings (SSSR count). The minimum atomic E-state index is -0.455. The maximum Gasteiger partial charge on any atom is 0.269 e. The van der Waals surface area contributed by atoms with E-state index in [2.05, 4.69) is 10.5 Å². The molecule has 1 fully saturated rings. The van der Waals surface area contributed by atoms with Gasteiger partial charge in [-0.1, -0.05) is 0 Å². The van der Waals surface area contributed by atoms with E-state index >= 15 is 0 Å². The Labute approximate surface area is 149 Å². The van der Waals surface area contributed by atoms with Gasteiger partial charge in [0.25, 0.3) is 11.6 Å². The van der Waals surface area contributed by atoms with E-state index in [0.29, 0.717) is 30.3 Å². The molecule has 0 unspecified atom stereocenters. The summed E-state index contributed by atoms with van der Waals surface area (Å²) < 4.78 is 10.8. The van der Waals surface area contributed by atoms with Crippen LogP contribution in [0.5, 0.6) is 0 Å². The number of nitrogens with one attached hydrogen (secondary N) is 1. The second kappa shape index (κ2) is 8.37. The average Bonchev–Trinajstić information content (AvgIpc) is 3.11. The van der Waals surface area contributed by atoms with Gasteiger partial charge >= 0.3 is 0 Å². The lowest BCUT2D eigenvalue weighted by atomic mass is 10.1. The third-order valence-corrected chi connectivity index (χ3v) is 3.84. The molecule has 1 aromatic carbocycles. The van der Waals surface area contributed by atoms with Crippen molar-refractivity contribution in [1.82, 2.24) is 10.3 Å². The summed E-state index contributed by atoms with van der Waals surface area (Å²) in [7, 11) is 0. The molecule has 0 spiro atoms. The zero-order chi connectivity index (χ0) is 18.4. The van der Waals surface area contributed by atoms with Crippen molar-refractivity contribution in [2.45, 2.75) is 0 Å². The number of ether oxygens (including phenoxy) is 1. The number of hydrazone groups is 1. The molecule has 26 heavy (non-hydrogen) atoms. The van der Waals surface area contributed by atoms with E-state index in [-0.39, 0.29) is 18.1 Å². The maximum atomic E-state index is 11.8. The van der Waals surface area contributed by atoms with Gasteiger partial charge in [0, 0.05) is 30.8 Å². The molecule has 1 amide bonds. The number of benzene rings is 1. The van der Waals surface area contributed by atoms with E-state index in [0.717, 1.165) is 13.1 Å². The van der Waals surface area contributed by atoms with Crippen LogP contribution < -0.4 is 5.43 Å². The fourth-order valence-corrected chi connectivity index (χ4v) is 2.49. The number of carbonyl (C=O) groups excluding carboxylic acids is 1. The molecule has 136 valence electrons. The number of nitro benzene ring substituents is 1. The number of nitrogens with zero attached hydrogens (tertiary/aromatic N) is 3. The molecule has 9 nitrogen and oxygen atoms in total. The molecular formula is C17H18N4O5. The smallest absolute Gasteiger partial charge is 0.269 e. The quantitative estimate of drug-likeness (QED) is 0.477. The zero-order valence-corrected chi connectivity index (χ0v) is 14.0. The van der Waals surface area contributed by atoms with Gasteiger partial charge in [-0.2, -0.15) is 5.10 Å². The Kier molecular flexibility index (Phi) is 5.72. The number of morpholine rings is 1. The number of non-ortho nitro benzene ring substituents is 1. The van der Waals surface area contributed by atoms with E-state index in [9.17, 15) is 14.9 Å². The van der Waals surface area contributed by atoms with Gasteiger partial charge in [-0.15, -0.1) is 0 Å². The van der Waals surface area contributed by atoms with Crippen LogP contribution in [-0.2, 0) is 9.53 Å². The molecule has 1 N–H and O–H groups in total. The number of hydrogen-bond donors (Lipinski definition) is 1. The Morgan fingerprint density at radius 1 is 1.23 bits per heavy atom. The highest BCUT2D eigenvalue weighted by atomic mass is 16.6. The standard InChI is InChI=1S/C17H18N4O5/c22-17(12-20-7-9-25-10-8-20)19-18-11-15-5-6-16(26-15)13-1-3-14(4-2-13)21(23)24/h1-6,11H,7-10,12H2,(H,19,22)/b18-11-. The predicted octanol–water partition coefficient (Wildman–Crippen LogP) is 1.64. The minimum absolute atomic E-state index is 0.0186. The first-order valence-electron chi connectivity index (χ1n) is 8.08. The van der Waals surface area contributed by atoms with Gasteiger partial charge in [-0.05, 0) is 24.3 Å². The van der Waals surface area contributed by atoms with Crippen molar-refractivity contribution in [3.8, 4) is 11.3 Å². The van der Waals surface area contributed by atoms with E-state index in [1.165, 1.54) is 18.3 Å². The molecule has 0 atom stereocenters. The summed E-state index contributed by atoms with van der Waals surface area (Å²) in [6.45, 7) is 3.00. The number of rotatable bonds is 6. The van der Waals surface area contributed by atoms with Crippen molar-refractivity contribution in [2.75, 3.05) is 32.8 Å². The van der Waals surface area contributed by atoms with Crippen molar-refractivity contribution < 1.29 is 18.9 Å². The number of amides is 1. The van der Waals surface area contributed by atoms with Crippen LogP contribution in [0.3, 0.4) is 0 Å². The lowest BCUT2D eigenvalue weighted by Gasteiger charge is -2.25. The normalized spacial score (nSPS) is 15.2. The Bertz CT molecular complexity index is 794. The van der Waals surface area contributed by atoms with Gasteiger partial charge < -0.3 is 9.15 Å². The highest BCUT2D eigenvalue weighted by molar-refractivity contribution is 5.82. The van der Waals surface area contributed by atoms with Crippen LogP contribution >= 0.6 is 0 Å². The highest BCUT2D eigenvalue weighted by Crippen LogP contribution is 2.23. The van der Waals surface area contributed by atoms with Gasteiger partial charge in [-0.3, -0.25) is 19.8 Å². The van der Waals surface area contributed by atoms with Crippen LogP contribution in [0.2, 0.25) is 0 Å². The summed E-state index contributed by atoms with van der Waals surface area (Å²) in [6.07, 6.45) is 1.41. The monoisotopic (exact) mass is 358 g/mol. The van der Waals surface area contributed by atoms with E-state index < -0.39 is 4.92 Å². The second-order valence-corrected chi connectivity index (χ2v) is 5.69. The first kappa shape index (κ1) is 17.8. The zero-order valence-electron chi connectivity index (χ0n) is 14.0. The van der Waals surface area contributed by atoms with Crippen LogP contribution in [0.1, 0.15) is 5.76 Å². The Balaban J connectivity index is 1.53. The van der Waals surface area contributed by atoms with Crippen molar-refractivity contribution in [2.24, 2.45) is 5.10 Å². The molecule has 2 heterocycles. The average molecular weight is 358 g/mol. The Hall–Kier alpha value is -3.04. The van der Waals surface area contributed by atoms with Crippen molar-refractivity contribution >= 4 is 17.8 Å². The number of hydrogen-bond acceptors (Lipinski definition) is 7. The summed E-state index contributed by atoms with van der Waals surface area (Å²) in [5.74, 6) is 0.816. The fourth-order valence-electron chi connectivity index (χ4n) is 2.49. The van der Waals surface area contributed by atoms with E-state index in [1.54, 1.807) is 24.3 Å². The summed E-state index contributed by atoms with van der Waals surface area (Å²) in [4.78, 5) is 24.0. The molecule has 0 bridgehead atoms. The lowest BCUT2D eigenvalue weighted by Crippen LogP contribution is -2.42. The second-order valence-electron chi connectivity index (χ2n) is 5.69.